The van der Waals surface area contributed by atoms with Crippen LogP contribution >= 0.6 is 0 Å². The fourth-order valence-electron chi connectivity index (χ4n) is 2.78. The number of primary amides is 1. The number of alkyl halides is 3. The molecule has 0 aliphatic carbocycles. The van der Waals surface area contributed by atoms with E-state index in [0.29, 0.717) is 35.9 Å². The zero-order chi connectivity index (χ0) is 23.6. The van der Waals surface area contributed by atoms with Crippen LogP contribution in [-0.4, -0.2) is 66.7 Å². The van der Waals surface area contributed by atoms with Gasteiger partial charge < -0.3 is 15.9 Å². The van der Waals surface area contributed by atoms with Crippen LogP contribution in [-0.2, 0) is 4.79 Å². The molecule has 1 rings (SSSR count). The third-order valence-electron chi connectivity index (χ3n) is 4.75. The lowest BCUT2D eigenvalue weighted by Gasteiger charge is -2.29. The number of hydrogen-bond acceptors (Lipinski definition) is 6. The van der Waals surface area contributed by atoms with Gasteiger partial charge in [-0.05, 0) is 39.0 Å². The summed E-state index contributed by atoms with van der Waals surface area (Å²) >= 11 is 0. The molecule has 170 valence electrons. The van der Waals surface area contributed by atoms with Crippen LogP contribution in [0.1, 0.15) is 25.3 Å². The van der Waals surface area contributed by atoms with E-state index in [0.717, 1.165) is 0 Å². The van der Waals surface area contributed by atoms with E-state index in [4.69, 9.17) is 15.9 Å². The van der Waals surface area contributed by atoms with Crippen molar-refractivity contribution in [3.05, 3.63) is 42.6 Å². The van der Waals surface area contributed by atoms with E-state index < -0.39 is 17.8 Å². The summed E-state index contributed by atoms with van der Waals surface area (Å²) in [6.07, 6.45) is 1.38. The highest BCUT2D eigenvalue weighted by Crippen LogP contribution is 2.20. The lowest BCUT2D eigenvalue weighted by Crippen LogP contribution is -2.41. The number of nitrogens with two attached hydrogens (primary N) is 1. The monoisotopic (exact) mass is 439 g/mol. The number of nitrogens with zero attached hydrogens (tertiary/aromatic N) is 3. The van der Waals surface area contributed by atoms with Crippen LogP contribution in [0.5, 0.6) is 5.88 Å². The second-order valence-corrected chi connectivity index (χ2v) is 6.82. The number of nitrogens with one attached hydrogen (secondary N) is 1. The van der Waals surface area contributed by atoms with E-state index in [1.165, 1.54) is 19.5 Å². The SMILES string of the molecule is C=CC(=NCC(C)N(C)C(C=N)CC/C=C(/C(N)=O)c1ccc(OC)nc1)C(F)(F)F. The number of ether oxygens (including phenoxy) is 1. The average Bonchev–Trinajstić information content (AvgIpc) is 2.72. The van der Waals surface area contributed by atoms with Gasteiger partial charge in [0.2, 0.25) is 11.8 Å². The minimum atomic E-state index is -4.55. The summed E-state index contributed by atoms with van der Waals surface area (Å²) < 4.78 is 43.3. The molecule has 0 aliphatic rings. The number of hydrogen-bond donors (Lipinski definition) is 2. The molecule has 0 spiro atoms. The summed E-state index contributed by atoms with van der Waals surface area (Å²) in [5.41, 5.74) is 5.28. The van der Waals surface area contributed by atoms with Crippen molar-refractivity contribution < 1.29 is 22.7 Å². The van der Waals surface area contributed by atoms with Crippen molar-refractivity contribution in [2.45, 2.75) is 38.0 Å². The minimum absolute atomic E-state index is 0.0956. The average molecular weight is 439 g/mol. The second kappa shape index (κ2) is 12.0. The Morgan fingerprint density at radius 1 is 1.45 bits per heavy atom. The Morgan fingerprint density at radius 3 is 2.58 bits per heavy atom. The molecular weight excluding hydrogens is 411 g/mol. The molecule has 1 aromatic heterocycles. The summed E-state index contributed by atoms with van der Waals surface area (Å²) in [5, 5.41) is 7.68. The quantitative estimate of drug-likeness (QED) is 0.385. The van der Waals surface area contributed by atoms with Crippen molar-refractivity contribution in [2.24, 2.45) is 10.7 Å². The van der Waals surface area contributed by atoms with Crippen molar-refractivity contribution in [1.29, 1.82) is 5.41 Å². The molecule has 0 aliphatic heterocycles. The smallest absolute Gasteiger partial charge is 0.432 e. The van der Waals surface area contributed by atoms with Crippen LogP contribution in [0.3, 0.4) is 0 Å². The number of methoxy groups -OCH3 is 1. The number of rotatable bonds is 12. The van der Waals surface area contributed by atoms with Gasteiger partial charge in [-0.3, -0.25) is 14.7 Å². The first-order chi connectivity index (χ1) is 14.5. The van der Waals surface area contributed by atoms with Gasteiger partial charge in [0.1, 0.15) is 5.71 Å². The second-order valence-electron chi connectivity index (χ2n) is 6.82. The Bertz CT molecular complexity index is 819. The number of pyridine rings is 1. The number of likely N-dealkylation sites (N-methyl/N-ethyl adjacent to an activating group) is 1. The van der Waals surface area contributed by atoms with Crippen LogP contribution in [0.15, 0.2) is 42.1 Å². The number of amides is 1. The summed E-state index contributed by atoms with van der Waals surface area (Å²) in [4.78, 5) is 21.2. The van der Waals surface area contributed by atoms with Gasteiger partial charge in [-0.1, -0.05) is 12.7 Å². The third-order valence-corrected chi connectivity index (χ3v) is 4.75. The fourth-order valence-corrected chi connectivity index (χ4v) is 2.78. The van der Waals surface area contributed by atoms with Crippen molar-refractivity contribution >= 4 is 23.4 Å². The molecule has 0 saturated heterocycles. The molecule has 0 aromatic carbocycles. The van der Waals surface area contributed by atoms with Crippen LogP contribution in [0.25, 0.3) is 5.57 Å². The summed E-state index contributed by atoms with van der Waals surface area (Å²) in [7, 11) is 3.19. The van der Waals surface area contributed by atoms with Crippen LogP contribution < -0.4 is 10.5 Å². The van der Waals surface area contributed by atoms with Gasteiger partial charge in [-0.2, -0.15) is 13.2 Å². The molecule has 2 unspecified atom stereocenters. The van der Waals surface area contributed by atoms with Gasteiger partial charge in [0.05, 0.1) is 13.7 Å². The molecule has 0 bridgehead atoms. The topological polar surface area (TPSA) is 105 Å². The first-order valence-electron chi connectivity index (χ1n) is 9.52. The van der Waals surface area contributed by atoms with Gasteiger partial charge in [0.15, 0.2) is 0 Å². The summed E-state index contributed by atoms with van der Waals surface area (Å²) in [5.74, 6) is -0.210. The van der Waals surface area contributed by atoms with E-state index in [1.54, 1.807) is 37.1 Å². The van der Waals surface area contributed by atoms with E-state index >= 15 is 0 Å². The molecule has 10 heteroatoms. The number of allylic oxidation sites excluding steroid dienone is 2. The molecule has 1 aromatic rings. The predicted molar refractivity (Wildman–Crippen MR) is 116 cm³/mol. The summed E-state index contributed by atoms with van der Waals surface area (Å²) in [6.45, 7) is 4.78. The zero-order valence-electron chi connectivity index (χ0n) is 17.8. The van der Waals surface area contributed by atoms with Gasteiger partial charge in [0.25, 0.3) is 0 Å². The Morgan fingerprint density at radius 2 is 2.13 bits per heavy atom. The van der Waals surface area contributed by atoms with Gasteiger partial charge in [-0.15, -0.1) is 0 Å². The molecule has 7 nitrogen and oxygen atoms in total. The number of halogens is 3. The molecular formula is C21H28F3N5O2. The zero-order valence-corrected chi connectivity index (χ0v) is 17.8. The number of carbonyl (C=O) groups is 1. The lowest BCUT2D eigenvalue weighted by atomic mass is 10.0. The van der Waals surface area contributed by atoms with E-state index in [1.807, 2.05) is 0 Å². The number of aliphatic imine (C=N–C) groups is 1. The van der Waals surface area contributed by atoms with Crippen LogP contribution in [0.4, 0.5) is 13.2 Å². The van der Waals surface area contributed by atoms with Crippen molar-refractivity contribution in [3.8, 4) is 5.88 Å². The van der Waals surface area contributed by atoms with E-state index in [-0.39, 0.29) is 18.6 Å². The molecule has 1 heterocycles. The van der Waals surface area contributed by atoms with Crippen LogP contribution in [0.2, 0.25) is 0 Å². The Labute approximate surface area is 180 Å². The predicted octanol–water partition coefficient (Wildman–Crippen LogP) is 3.27. The first kappa shape index (κ1) is 26.0. The van der Waals surface area contributed by atoms with Crippen molar-refractivity contribution in [3.63, 3.8) is 0 Å². The van der Waals surface area contributed by atoms with Gasteiger partial charge >= 0.3 is 6.18 Å². The maximum Gasteiger partial charge on any atom is 0.432 e. The summed E-state index contributed by atoms with van der Waals surface area (Å²) in [6, 6.07) is 2.57. The fraction of sp³-hybridized carbons (Fsp3) is 0.429. The highest BCUT2D eigenvalue weighted by Gasteiger charge is 2.33. The highest BCUT2D eigenvalue weighted by atomic mass is 19.4. The number of aromatic nitrogens is 1. The third kappa shape index (κ3) is 7.97. The molecule has 0 fully saturated rings. The standard InChI is InChI=1S/C21H28F3N5O2/c1-5-18(21(22,23)24)27-12-14(2)29(3)16(11-25)7-6-8-17(20(26)30)15-9-10-19(31-4)28-13-15/h5,8-11,13-14,16,25H,1,6-7,12H2,2-4H3,(H2,26,30)/b17-8+,25-11?,27-18?. The van der Waals surface area contributed by atoms with E-state index in [2.05, 4.69) is 16.6 Å². The molecule has 1 amide bonds. The van der Waals surface area contributed by atoms with Gasteiger partial charge in [0, 0.05) is 41.7 Å². The van der Waals surface area contributed by atoms with Gasteiger partial charge in [-0.25, -0.2) is 4.98 Å². The largest absolute Gasteiger partial charge is 0.481 e. The Kier molecular flexibility index (Phi) is 10.1. The maximum atomic E-state index is 12.8. The minimum Gasteiger partial charge on any atom is -0.481 e. The van der Waals surface area contributed by atoms with Crippen molar-refractivity contribution in [2.75, 3.05) is 20.7 Å². The van der Waals surface area contributed by atoms with Crippen LogP contribution in [0, 0.1) is 5.41 Å². The Balaban J connectivity index is 2.83. The Hall–Kier alpha value is -3.01. The normalized spacial score (nSPS) is 14.8. The number of carbonyl (C=O) groups excluding carboxylic acids is 1. The molecule has 31 heavy (non-hydrogen) atoms. The molecule has 2 atom stereocenters. The maximum absolute atomic E-state index is 12.8. The van der Waals surface area contributed by atoms with Crippen molar-refractivity contribution in [1.82, 2.24) is 9.88 Å². The molecule has 3 N–H and O–H groups in total. The van der Waals surface area contributed by atoms with E-state index in [9.17, 15) is 18.0 Å². The first-order valence-corrected chi connectivity index (χ1v) is 9.52. The lowest BCUT2D eigenvalue weighted by molar-refractivity contribution is -0.112. The molecule has 0 saturated carbocycles. The molecule has 0 radical (unpaired) electrons. The highest BCUT2D eigenvalue weighted by molar-refractivity contribution is 6.18.